The van der Waals surface area contributed by atoms with Crippen LogP contribution >= 0.6 is 0 Å². The average molecular weight is 473 g/mol. The molecule has 0 unspecified atom stereocenters. The normalized spacial score (nSPS) is 11.2. The van der Waals surface area contributed by atoms with Crippen molar-refractivity contribution >= 4 is 23.5 Å². The van der Waals surface area contributed by atoms with E-state index < -0.39 is 17.5 Å². The van der Waals surface area contributed by atoms with E-state index in [1.165, 1.54) is 29.0 Å². The minimum Gasteiger partial charge on any atom is -0.494 e. The Balaban J connectivity index is 1.88. The van der Waals surface area contributed by atoms with Crippen LogP contribution in [0.15, 0.2) is 24.4 Å². The van der Waals surface area contributed by atoms with Gasteiger partial charge in [-0.3, -0.25) is 0 Å². The molecular weight excluding hydrogens is 443 g/mol. The molecule has 0 bridgehead atoms. The number of aromatic nitrogens is 5. The SMILES string of the molecule is CNc1cc(C)nc(Nc2ccc(OC)c(-n3cc(CN(C)C(=O)OC(C)(C)C)nn3)c2F)n1. The van der Waals surface area contributed by atoms with E-state index in [-0.39, 0.29) is 29.6 Å². The van der Waals surface area contributed by atoms with Crippen LogP contribution in [-0.4, -0.2) is 62.8 Å². The number of methoxy groups -OCH3 is 1. The summed E-state index contributed by atoms with van der Waals surface area (Å²) in [4.78, 5) is 22.2. The highest BCUT2D eigenvalue weighted by Crippen LogP contribution is 2.32. The molecule has 3 aromatic rings. The van der Waals surface area contributed by atoms with Crippen LogP contribution in [0.1, 0.15) is 32.2 Å². The number of nitrogens with one attached hydrogen (secondary N) is 2. The summed E-state index contributed by atoms with van der Waals surface area (Å²) in [5.41, 5.74) is 0.709. The van der Waals surface area contributed by atoms with Gasteiger partial charge < -0.3 is 25.0 Å². The van der Waals surface area contributed by atoms with Crippen LogP contribution in [0.25, 0.3) is 5.69 Å². The Morgan fingerprint density at radius 3 is 2.65 bits per heavy atom. The van der Waals surface area contributed by atoms with Gasteiger partial charge in [0.05, 0.1) is 25.5 Å². The van der Waals surface area contributed by atoms with Gasteiger partial charge in [-0.25, -0.2) is 18.9 Å². The third-order valence-corrected chi connectivity index (χ3v) is 4.53. The maximum absolute atomic E-state index is 15.6. The quantitative estimate of drug-likeness (QED) is 0.531. The molecule has 0 saturated heterocycles. The summed E-state index contributed by atoms with van der Waals surface area (Å²) in [7, 11) is 4.75. The van der Waals surface area contributed by atoms with Crippen molar-refractivity contribution in [3.63, 3.8) is 0 Å². The standard InChI is InChI=1S/C22H29FN8O3/c1-13-10-17(24-5)27-20(25-13)26-15-8-9-16(33-7)19(18(15)23)31-12-14(28-29-31)11-30(6)21(32)34-22(2,3)4/h8-10,12H,11H2,1-7H3,(H2,24,25,26,27). The van der Waals surface area contributed by atoms with Gasteiger partial charge in [0.25, 0.3) is 0 Å². The Bertz CT molecular complexity index is 1180. The molecule has 2 aromatic heterocycles. The Kier molecular flexibility index (Phi) is 7.18. The van der Waals surface area contributed by atoms with E-state index in [1.54, 1.807) is 47.0 Å². The van der Waals surface area contributed by atoms with Gasteiger partial charge in [-0.05, 0) is 39.8 Å². The zero-order valence-corrected chi connectivity index (χ0v) is 20.3. The van der Waals surface area contributed by atoms with Gasteiger partial charge >= 0.3 is 6.09 Å². The number of benzene rings is 1. The number of nitrogens with zero attached hydrogens (tertiary/aromatic N) is 6. The minimum absolute atomic E-state index is 0.0488. The molecular formula is C22H29FN8O3. The topological polar surface area (TPSA) is 119 Å². The molecule has 0 atom stereocenters. The largest absolute Gasteiger partial charge is 0.494 e. The third-order valence-electron chi connectivity index (χ3n) is 4.53. The Labute approximate surface area is 197 Å². The summed E-state index contributed by atoms with van der Waals surface area (Å²) in [6.45, 7) is 7.29. The highest BCUT2D eigenvalue weighted by molar-refractivity contribution is 5.67. The van der Waals surface area contributed by atoms with Crippen LogP contribution in [0.4, 0.5) is 26.6 Å². The van der Waals surface area contributed by atoms with Gasteiger partial charge in [-0.1, -0.05) is 5.21 Å². The molecule has 2 heterocycles. The predicted octanol–water partition coefficient (Wildman–Crippen LogP) is 3.67. The van der Waals surface area contributed by atoms with Crippen LogP contribution in [0, 0.1) is 12.7 Å². The van der Waals surface area contributed by atoms with Gasteiger partial charge in [-0.2, -0.15) is 4.98 Å². The molecule has 0 aliphatic rings. The van der Waals surface area contributed by atoms with Crippen molar-refractivity contribution in [1.29, 1.82) is 0 Å². The monoisotopic (exact) mass is 472 g/mol. The third kappa shape index (κ3) is 5.88. The summed E-state index contributed by atoms with van der Waals surface area (Å²) in [6.07, 6.45) is 1.02. The highest BCUT2D eigenvalue weighted by Gasteiger charge is 2.22. The number of aryl methyl sites for hydroxylation is 1. The molecule has 2 N–H and O–H groups in total. The lowest BCUT2D eigenvalue weighted by molar-refractivity contribution is 0.0283. The number of carbonyl (C=O) groups excluding carboxylic acids is 1. The summed E-state index contributed by atoms with van der Waals surface area (Å²) in [5.74, 6) is 0.449. The Morgan fingerprint density at radius 2 is 2.00 bits per heavy atom. The number of hydrogen-bond acceptors (Lipinski definition) is 9. The fourth-order valence-electron chi connectivity index (χ4n) is 3.02. The fourth-order valence-corrected chi connectivity index (χ4v) is 3.02. The lowest BCUT2D eigenvalue weighted by Gasteiger charge is -2.24. The average Bonchev–Trinajstić information content (AvgIpc) is 3.21. The lowest BCUT2D eigenvalue weighted by Crippen LogP contribution is -2.33. The second-order valence-electron chi connectivity index (χ2n) is 8.56. The van der Waals surface area contributed by atoms with E-state index in [0.717, 1.165) is 0 Å². The molecule has 0 aliphatic carbocycles. The molecule has 0 fully saturated rings. The molecule has 0 spiro atoms. The molecule has 1 aromatic carbocycles. The minimum atomic E-state index is -0.632. The molecule has 34 heavy (non-hydrogen) atoms. The second kappa shape index (κ2) is 9.89. The fraction of sp³-hybridized carbons (Fsp3) is 0.409. The van der Waals surface area contributed by atoms with Gasteiger partial charge in [-0.15, -0.1) is 5.10 Å². The van der Waals surface area contributed by atoms with Gasteiger partial charge in [0, 0.05) is 25.9 Å². The van der Waals surface area contributed by atoms with Crippen molar-refractivity contribution in [2.24, 2.45) is 0 Å². The van der Waals surface area contributed by atoms with Crippen LogP contribution in [0.2, 0.25) is 0 Å². The molecule has 0 aliphatic heterocycles. The van der Waals surface area contributed by atoms with Crippen LogP contribution < -0.4 is 15.4 Å². The zero-order valence-electron chi connectivity index (χ0n) is 20.3. The number of amides is 1. The van der Waals surface area contributed by atoms with E-state index in [2.05, 4.69) is 30.9 Å². The molecule has 1 amide bonds. The Morgan fingerprint density at radius 1 is 1.26 bits per heavy atom. The first-order valence-corrected chi connectivity index (χ1v) is 10.5. The molecule has 182 valence electrons. The summed E-state index contributed by atoms with van der Waals surface area (Å²) >= 11 is 0. The zero-order chi connectivity index (χ0) is 25.0. The van der Waals surface area contributed by atoms with Crippen LogP contribution in [0.3, 0.4) is 0 Å². The molecule has 0 radical (unpaired) electrons. The lowest BCUT2D eigenvalue weighted by atomic mass is 10.2. The van der Waals surface area contributed by atoms with Crippen molar-refractivity contribution in [3.05, 3.63) is 41.6 Å². The molecule has 12 heteroatoms. The van der Waals surface area contributed by atoms with E-state index in [9.17, 15) is 4.79 Å². The Hall–Kier alpha value is -3.96. The van der Waals surface area contributed by atoms with E-state index in [0.29, 0.717) is 17.2 Å². The predicted molar refractivity (Wildman–Crippen MR) is 125 cm³/mol. The number of carbonyl (C=O) groups is 1. The first kappa shape index (κ1) is 24.7. The van der Waals surface area contributed by atoms with Crippen molar-refractivity contribution in [3.8, 4) is 11.4 Å². The van der Waals surface area contributed by atoms with Crippen molar-refractivity contribution < 1.29 is 18.7 Å². The smallest absolute Gasteiger partial charge is 0.410 e. The van der Waals surface area contributed by atoms with Crippen LogP contribution in [-0.2, 0) is 11.3 Å². The van der Waals surface area contributed by atoms with Gasteiger partial charge in [0.1, 0.15) is 28.5 Å². The molecule has 3 rings (SSSR count). The van der Waals surface area contributed by atoms with Gasteiger partial charge in [0.2, 0.25) is 5.95 Å². The van der Waals surface area contributed by atoms with Crippen molar-refractivity contribution in [2.75, 3.05) is 31.8 Å². The highest BCUT2D eigenvalue weighted by atomic mass is 19.1. The van der Waals surface area contributed by atoms with Crippen molar-refractivity contribution in [1.82, 2.24) is 29.9 Å². The van der Waals surface area contributed by atoms with E-state index in [1.807, 2.05) is 6.92 Å². The first-order chi connectivity index (χ1) is 16.0. The number of anilines is 3. The number of halogens is 1. The summed E-state index contributed by atoms with van der Waals surface area (Å²) in [6, 6.07) is 4.90. The molecule has 0 saturated carbocycles. The first-order valence-electron chi connectivity index (χ1n) is 10.5. The van der Waals surface area contributed by atoms with Crippen LogP contribution in [0.5, 0.6) is 5.75 Å². The van der Waals surface area contributed by atoms with Crippen molar-refractivity contribution in [2.45, 2.75) is 39.8 Å². The van der Waals surface area contributed by atoms with E-state index >= 15 is 4.39 Å². The number of rotatable bonds is 7. The summed E-state index contributed by atoms with van der Waals surface area (Å²) in [5, 5.41) is 13.9. The number of ether oxygens (including phenoxy) is 2. The number of hydrogen-bond donors (Lipinski definition) is 2. The molecule has 11 nitrogen and oxygen atoms in total. The van der Waals surface area contributed by atoms with E-state index in [4.69, 9.17) is 9.47 Å². The summed E-state index contributed by atoms with van der Waals surface area (Å²) < 4.78 is 27.5. The second-order valence-corrected chi connectivity index (χ2v) is 8.56. The maximum Gasteiger partial charge on any atom is 0.410 e. The van der Waals surface area contributed by atoms with Gasteiger partial charge in [0.15, 0.2) is 5.82 Å². The maximum atomic E-state index is 15.6.